The van der Waals surface area contributed by atoms with Crippen LogP contribution < -0.4 is 22.9 Å². The summed E-state index contributed by atoms with van der Waals surface area (Å²) in [5, 5.41) is 0.165. The van der Waals surface area contributed by atoms with Crippen LogP contribution in [0.25, 0.3) is 11.0 Å². The summed E-state index contributed by atoms with van der Waals surface area (Å²) in [6.45, 7) is 7.42. The zero-order chi connectivity index (χ0) is 20.1. The average molecular weight is 374 g/mol. The van der Waals surface area contributed by atoms with Crippen LogP contribution in [0.15, 0.2) is 23.3 Å². The second kappa shape index (κ2) is 6.02. The molecule has 10 heteroatoms. The number of nitrogens with two attached hydrogens (primary N) is 3. The predicted octanol–water partition coefficient (Wildman–Crippen LogP) is 0.921. The van der Waals surface area contributed by atoms with E-state index in [1.54, 1.807) is 11.5 Å². The van der Waals surface area contributed by atoms with Crippen LogP contribution in [0.5, 0.6) is 0 Å². The number of halogens is 1. The van der Waals surface area contributed by atoms with E-state index in [-0.39, 0.29) is 29.3 Å². The van der Waals surface area contributed by atoms with Crippen LogP contribution in [0.3, 0.4) is 0 Å². The fraction of sp³-hybridized carbons (Fsp3) is 0.412. The molecule has 0 unspecified atom stereocenters. The second-order valence-corrected chi connectivity index (χ2v) is 7.78. The van der Waals surface area contributed by atoms with Crippen molar-refractivity contribution in [2.24, 2.45) is 5.73 Å². The van der Waals surface area contributed by atoms with Crippen LogP contribution >= 0.6 is 0 Å². The van der Waals surface area contributed by atoms with Crippen molar-refractivity contribution in [3.8, 4) is 0 Å². The summed E-state index contributed by atoms with van der Waals surface area (Å²) < 4.78 is 17.3. The van der Waals surface area contributed by atoms with E-state index in [0.717, 1.165) is 0 Å². The Hall–Kier alpha value is -3.01. The molecule has 0 aliphatic carbocycles. The molecule has 0 fully saturated rings. The number of nitrogens with zero attached hydrogens (tertiary/aromatic N) is 5. The molecule has 0 saturated carbocycles. The Labute approximate surface area is 155 Å². The Morgan fingerprint density at radius 3 is 2.37 bits per heavy atom. The Bertz CT molecular complexity index is 1080. The molecule has 0 bridgehead atoms. The first-order valence-corrected chi connectivity index (χ1v) is 8.38. The van der Waals surface area contributed by atoms with Crippen LogP contribution in [0.2, 0.25) is 0 Å². The minimum Gasteiger partial charge on any atom is -0.383 e. The molecule has 0 amide bonds. The van der Waals surface area contributed by atoms with Crippen molar-refractivity contribution in [1.82, 2.24) is 24.1 Å². The minimum atomic E-state index is -1.18. The number of fused-ring (bicyclic) bond motifs is 1. The van der Waals surface area contributed by atoms with Crippen LogP contribution in [-0.2, 0) is 17.6 Å². The summed E-state index contributed by atoms with van der Waals surface area (Å²) in [5.41, 5.74) is 16.0. The number of anilines is 2. The van der Waals surface area contributed by atoms with Crippen molar-refractivity contribution in [3.63, 3.8) is 0 Å². The molecule has 0 saturated heterocycles. The third-order valence-corrected chi connectivity index (χ3v) is 4.29. The molecule has 0 aliphatic heterocycles. The van der Waals surface area contributed by atoms with E-state index in [0.29, 0.717) is 5.65 Å². The van der Waals surface area contributed by atoms with Gasteiger partial charge in [0.2, 0.25) is 0 Å². The second-order valence-electron chi connectivity index (χ2n) is 7.78. The van der Waals surface area contributed by atoms with E-state index in [1.165, 1.54) is 23.0 Å². The van der Waals surface area contributed by atoms with Crippen LogP contribution in [0.4, 0.5) is 16.0 Å². The van der Waals surface area contributed by atoms with Crippen LogP contribution in [0, 0.1) is 5.82 Å². The summed E-state index contributed by atoms with van der Waals surface area (Å²) in [6, 6.07) is 1.48. The van der Waals surface area contributed by atoms with E-state index in [2.05, 4.69) is 15.0 Å². The maximum Gasteiger partial charge on any atom is 0.351 e. The Morgan fingerprint density at radius 2 is 1.78 bits per heavy atom. The van der Waals surface area contributed by atoms with Gasteiger partial charge in [0.05, 0.1) is 5.39 Å². The Morgan fingerprint density at radius 1 is 1.11 bits per heavy atom. The monoisotopic (exact) mass is 374 g/mol. The lowest BCUT2D eigenvalue weighted by molar-refractivity contribution is 0.308. The van der Waals surface area contributed by atoms with Crippen molar-refractivity contribution in [3.05, 3.63) is 40.6 Å². The Kier molecular flexibility index (Phi) is 4.18. The molecule has 3 heterocycles. The maximum atomic E-state index is 14.4. The van der Waals surface area contributed by atoms with Crippen molar-refractivity contribution < 1.29 is 4.39 Å². The molecule has 9 nitrogen and oxygen atoms in total. The number of nitrogen functional groups attached to an aromatic ring is 2. The molecule has 0 spiro atoms. The van der Waals surface area contributed by atoms with Crippen molar-refractivity contribution >= 4 is 22.7 Å². The van der Waals surface area contributed by atoms with Gasteiger partial charge in [0, 0.05) is 24.4 Å². The van der Waals surface area contributed by atoms with E-state index in [1.807, 2.05) is 20.8 Å². The lowest BCUT2D eigenvalue weighted by Gasteiger charge is -2.26. The topological polar surface area (TPSA) is 144 Å². The van der Waals surface area contributed by atoms with Crippen LogP contribution in [-0.4, -0.2) is 24.1 Å². The lowest BCUT2D eigenvalue weighted by Crippen LogP contribution is -2.48. The molecule has 144 valence electrons. The third-order valence-electron chi connectivity index (χ3n) is 4.29. The molecule has 1 atom stereocenters. The molecule has 0 aromatic carbocycles. The highest BCUT2D eigenvalue weighted by Crippen LogP contribution is 2.29. The molecule has 3 aromatic rings. The smallest absolute Gasteiger partial charge is 0.351 e. The first-order valence-electron chi connectivity index (χ1n) is 8.38. The van der Waals surface area contributed by atoms with Gasteiger partial charge in [0.1, 0.15) is 28.8 Å². The quantitative estimate of drug-likeness (QED) is 0.618. The van der Waals surface area contributed by atoms with Gasteiger partial charge in [-0.1, -0.05) is 0 Å². The molecular formula is C17H23FN8O. The van der Waals surface area contributed by atoms with Crippen molar-refractivity contribution in [2.45, 2.75) is 45.3 Å². The lowest BCUT2D eigenvalue weighted by atomic mass is 10.1. The molecule has 27 heavy (non-hydrogen) atoms. The average Bonchev–Trinajstić information content (AvgIpc) is 2.83. The number of hydrogen-bond acceptors (Lipinski definition) is 7. The van der Waals surface area contributed by atoms with E-state index in [9.17, 15) is 9.18 Å². The fourth-order valence-electron chi connectivity index (χ4n) is 2.96. The fourth-order valence-corrected chi connectivity index (χ4v) is 2.96. The number of rotatable bonds is 3. The van der Waals surface area contributed by atoms with Gasteiger partial charge in [-0.25, -0.2) is 19.2 Å². The van der Waals surface area contributed by atoms with E-state index in [4.69, 9.17) is 17.2 Å². The summed E-state index contributed by atoms with van der Waals surface area (Å²) in [5.74, 6) is -0.0720. The molecule has 0 aliphatic rings. The summed E-state index contributed by atoms with van der Waals surface area (Å²) in [6.07, 6.45) is 2.90. The van der Waals surface area contributed by atoms with Gasteiger partial charge in [-0.15, -0.1) is 0 Å². The predicted molar refractivity (Wildman–Crippen MR) is 101 cm³/mol. The van der Waals surface area contributed by atoms with Gasteiger partial charge in [-0.3, -0.25) is 4.57 Å². The molecule has 3 aromatic heterocycles. The highest BCUT2D eigenvalue weighted by atomic mass is 19.1. The van der Waals surface area contributed by atoms with E-state index < -0.39 is 22.7 Å². The third kappa shape index (κ3) is 3.35. The number of aromatic nitrogens is 5. The highest BCUT2D eigenvalue weighted by Gasteiger charge is 2.27. The standard InChI is InChI=1S/C17H23FN8O/c1-16(2,3)26-8-9(18)12-13(20)23-11(24-14(12)26)7-17(4,21)25-6-5-10(19)22-15(25)27/h5-6,8H,7,21H2,1-4H3,(H2,19,22,27)(H2,20,23,24)/t17-/m0/s1. The van der Waals surface area contributed by atoms with Crippen molar-refractivity contribution in [1.29, 1.82) is 0 Å². The normalized spacial score (nSPS) is 14.4. The van der Waals surface area contributed by atoms with Gasteiger partial charge in [0.15, 0.2) is 5.82 Å². The van der Waals surface area contributed by atoms with Gasteiger partial charge in [-0.2, -0.15) is 4.98 Å². The minimum absolute atomic E-state index is 0.0223. The molecule has 3 rings (SSSR count). The zero-order valence-electron chi connectivity index (χ0n) is 15.7. The van der Waals surface area contributed by atoms with Gasteiger partial charge >= 0.3 is 5.69 Å². The van der Waals surface area contributed by atoms with Gasteiger partial charge in [0.25, 0.3) is 0 Å². The first kappa shape index (κ1) is 18.8. The highest BCUT2D eigenvalue weighted by molar-refractivity contribution is 5.87. The van der Waals surface area contributed by atoms with E-state index >= 15 is 0 Å². The number of hydrogen-bond donors (Lipinski definition) is 3. The first-order chi connectivity index (χ1) is 12.4. The van der Waals surface area contributed by atoms with Gasteiger partial charge < -0.3 is 21.8 Å². The molecular weight excluding hydrogens is 351 g/mol. The molecule has 6 N–H and O–H groups in total. The van der Waals surface area contributed by atoms with Crippen molar-refractivity contribution in [2.75, 3.05) is 11.5 Å². The van der Waals surface area contributed by atoms with Gasteiger partial charge in [-0.05, 0) is 33.8 Å². The maximum absolute atomic E-state index is 14.4. The largest absolute Gasteiger partial charge is 0.383 e. The molecule has 0 radical (unpaired) electrons. The Balaban J connectivity index is 2.11. The summed E-state index contributed by atoms with van der Waals surface area (Å²) >= 11 is 0. The van der Waals surface area contributed by atoms with Crippen LogP contribution in [0.1, 0.15) is 33.5 Å². The zero-order valence-corrected chi connectivity index (χ0v) is 15.7. The summed E-state index contributed by atoms with van der Waals surface area (Å²) in [4.78, 5) is 24.5. The SMILES string of the molecule is CC(C)(C)n1cc(F)c2c(N)nc(C[C@@](C)(N)n3ccc(N)nc3=O)nc21. The summed E-state index contributed by atoms with van der Waals surface area (Å²) in [7, 11) is 0.